The Morgan fingerprint density at radius 1 is 1.52 bits per heavy atom. The molecule has 0 radical (unpaired) electrons. The number of likely N-dealkylation sites (N-methyl/N-ethyl adjacent to an activating group) is 1. The number of fused-ring (bicyclic) bond motifs is 1. The average molecular weight is 357 g/mol. The lowest BCUT2D eigenvalue weighted by molar-refractivity contribution is -0.183. The van der Waals surface area contributed by atoms with Gasteiger partial charge in [-0.3, -0.25) is 4.79 Å². The van der Waals surface area contributed by atoms with E-state index in [9.17, 15) is 4.79 Å². The van der Waals surface area contributed by atoms with Crippen molar-refractivity contribution in [2.24, 2.45) is 17.1 Å². The molecule has 21 heavy (non-hydrogen) atoms. The van der Waals surface area contributed by atoms with E-state index >= 15 is 0 Å². The Bertz CT molecular complexity index is 571. The topological polar surface area (TPSA) is 68.7 Å². The maximum absolute atomic E-state index is 12.9. The molecule has 3 unspecified atom stereocenters. The molecule has 3 rings (SSSR count). The van der Waals surface area contributed by atoms with E-state index in [1.807, 2.05) is 26.0 Å². The minimum Gasteiger partial charge on any atom is -0.452 e. The Hall–Kier alpha value is -0.850. The van der Waals surface area contributed by atoms with E-state index in [2.05, 4.69) is 15.9 Å². The molecule has 1 amide bonds. The summed E-state index contributed by atoms with van der Waals surface area (Å²) in [5.74, 6) is 0.815. The zero-order valence-electron chi connectivity index (χ0n) is 12.6. The predicted octanol–water partition coefficient (Wildman–Crippen LogP) is 2.14. The average Bonchev–Trinajstić information content (AvgIpc) is 3.05. The summed E-state index contributed by atoms with van der Waals surface area (Å²) in [5.41, 5.74) is 5.36. The standard InChI is InChI=1S/C15H21BrN2O3/c1-14(2)12-10(6-7-20-12)15(14,17)13(19)18(3)8-9-4-5-11(16)21-9/h4-5,10,12H,6-8,17H2,1-3H3. The van der Waals surface area contributed by atoms with Crippen LogP contribution in [0.3, 0.4) is 0 Å². The van der Waals surface area contributed by atoms with Gasteiger partial charge in [0, 0.05) is 25.0 Å². The van der Waals surface area contributed by atoms with Crippen LogP contribution in [-0.4, -0.2) is 36.1 Å². The van der Waals surface area contributed by atoms with Crippen molar-refractivity contribution in [1.29, 1.82) is 0 Å². The number of amides is 1. The molecule has 1 aromatic heterocycles. The first kappa shape index (κ1) is 15.1. The second kappa shape index (κ2) is 4.83. The molecule has 0 aromatic carbocycles. The first-order valence-corrected chi connectivity index (χ1v) is 7.98. The molecule has 2 N–H and O–H groups in total. The Labute approximate surface area is 132 Å². The van der Waals surface area contributed by atoms with Crippen molar-refractivity contribution >= 4 is 21.8 Å². The molecular formula is C15H21BrN2O3. The quantitative estimate of drug-likeness (QED) is 0.900. The fourth-order valence-electron chi connectivity index (χ4n) is 3.88. The number of hydrogen-bond acceptors (Lipinski definition) is 4. The van der Waals surface area contributed by atoms with Gasteiger partial charge in [-0.25, -0.2) is 0 Å². The molecule has 6 heteroatoms. The van der Waals surface area contributed by atoms with E-state index in [1.54, 1.807) is 11.9 Å². The van der Waals surface area contributed by atoms with E-state index in [0.29, 0.717) is 17.8 Å². The molecule has 0 bridgehead atoms. The summed E-state index contributed by atoms with van der Waals surface area (Å²) in [6, 6.07) is 3.67. The maximum atomic E-state index is 12.9. The maximum Gasteiger partial charge on any atom is 0.243 e. The second-order valence-electron chi connectivity index (χ2n) is 6.64. The van der Waals surface area contributed by atoms with Gasteiger partial charge in [0.15, 0.2) is 4.67 Å². The normalized spacial score (nSPS) is 33.4. The minimum atomic E-state index is -0.854. The molecule has 1 saturated carbocycles. The number of furan rings is 1. The van der Waals surface area contributed by atoms with E-state index in [0.717, 1.165) is 12.2 Å². The summed E-state index contributed by atoms with van der Waals surface area (Å²) in [6.07, 6.45) is 0.953. The minimum absolute atomic E-state index is 0.0354. The third kappa shape index (κ3) is 1.99. The van der Waals surface area contributed by atoms with Crippen LogP contribution >= 0.6 is 15.9 Å². The number of nitrogens with two attached hydrogens (primary N) is 1. The van der Waals surface area contributed by atoms with Crippen molar-refractivity contribution in [1.82, 2.24) is 4.90 Å². The molecule has 0 spiro atoms. The number of ether oxygens (including phenoxy) is 1. The Morgan fingerprint density at radius 2 is 2.24 bits per heavy atom. The van der Waals surface area contributed by atoms with Crippen LogP contribution in [0.5, 0.6) is 0 Å². The van der Waals surface area contributed by atoms with E-state index in [4.69, 9.17) is 14.9 Å². The lowest BCUT2D eigenvalue weighted by atomic mass is 9.47. The summed E-state index contributed by atoms with van der Waals surface area (Å²) in [4.78, 5) is 14.6. The Balaban J connectivity index is 1.77. The van der Waals surface area contributed by atoms with Crippen LogP contribution in [-0.2, 0) is 16.1 Å². The number of carbonyl (C=O) groups excluding carboxylic acids is 1. The van der Waals surface area contributed by atoms with Gasteiger partial charge in [-0.1, -0.05) is 13.8 Å². The van der Waals surface area contributed by atoms with Gasteiger partial charge >= 0.3 is 0 Å². The molecule has 2 heterocycles. The molecule has 2 fully saturated rings. The molecule has 3 atom stereocenters. The zero-order valence-corrected chi connectivity index (χ0v) is 14.1. The highest BCUT2D eigenvalue weighted by molar-refractivity contribution is 9.10. The van der Waals surface area contributed by atoms with Crippen molar-refractivity contribution in [3.05, 3.63) is 22.6 Å². The van der Waals surface area contributed by atoms with Gasteiger partial charge in [0.2, 0.25) is 5.91 Å². The van der Waals surface area contributed by atoms with Crippen LogP contribution in [0, 0.1) is 11.3 Å². The molecule has 1 aromatic rings. The van der Waals surface area contributed by atoms with Gasteiger partial charge in [-0.2, -0.15) is 0 Å². The van der Waals surface area contributed by atoms with Gasteiger partial charge < -0.3 is 19.8 Å². The van der Waals surface area contributed by atoms with Gasteiger partial charge in [0.05, 0.1) is 12.6 Å². The summed E-state index contributed by atoms with van der Waals surface area (Å²) in [5, 5.41) is 0. The number of nitrogens with zero attached hydrogens (tertiary/aromatic N) is 1. The van der Waals surface area contributed by atoms with Crippen LogP contribution in [0.25, 0.3) is 0 Å². The summed E-state index contributed by atoms with van der Waals surface area (Å²) in [7, 11) is 1.77. The smallest absolute Gasteiger partial charge is 0.243 e. The van der Waals surface area contributed by atoms with E-state index < -0.39 is 5.54 Å². The van der Waals surface area contributed by atoms with E-state index in [-0.39, 0.29) is 23.3 Å². The van der Waals surface area contributed by atoms with Crippen molar-refractivity contribution in [2.75, 3.05) is 13.7 Å². The van der Waals surface area contributed by atoms with Crippen LogP contribution in [0.1, 0.15) is 26.0 Å². The van der Waals surface area contributed by atoms with Gasteiger partial charge in [0.25, 0.3) is 0 Å². The summed E-state index contributed by atoms with van der Waals surface area (Å²) in [6.45, 7) is 5.15. The predicted molar refractivity (Wildman–Crippen MR) is 81.4 cm³/mol. The Kier molecular flexibility index (Phi) is 3.46. The molecular weight excluding hydrogens is 336 g/mol. The molecule has 1 aliphatic heterocycles. The molecule has 1 saturated heterocycles. The highest BCUT2D eigenvalue weighted by Gasteiger charge is 2.71. The second-order valence-corrected chi connectivity index (χ2v) is 7.43. The van der Waals surface area contributed by atoms with Crippen LogP contribution < -0.4 is 5.73 Å². The summed E-state index contributed by atoms with van der Waals surface area (Å²) >= 11 is 3.27. The van der Waals surface area contributed by atoms with Gasteiger partial charge in [-0.05, 0) is 34.5 Å². The van der Waals surface area contributed by atoms with Crippen molar-refractivity contribution in [3.63, 3.8) is 0 Å². The largest absolute Gasteiger partial charge is 0.452 e. The molecule has 5 nitrogen and oxygen atoms in total. The summed E-state index contributed by atoms with van der Waals surface area (Å²) < 4.78 is 11.9. The third-order valence-corrected chi connectivity index (χ3v) is 5.60. The van der Waals surface area contributed by atoms with Gasteiger partial charge in [-0.15, -0.1) is 0 Å². The molecule has 1 aliphatic carbocycles. The third-order valence-electron chi connectivity index (χ3n) is 5.18. The lowest BCUT2D eigenvalue weighted by Gasteiger charge is -2.61. The Morgan fingerprint density at radius 3 is 2.86 bits per heavy atom. The number of halogens is 1. The number of rotatable bonds is 3. The van der Waals surface area contributed by atoms with Crippen molar-refractivity contribution < 1.29 is 13.9 Å². The van der Waals surface area contributed by atoms with Crippen molar-refractivity contribution in [3.8, 4) is 0 Å². The van der Waals surface area contributed by atoms with E-state index in [1.165, 1.54) is 0 Å². The van der Waals surface area contributed by atoms with Crippen molar-refractivity contribution in [2.45, 2.75) is 38.5 Å². The number of carbonyl (C=O) groups is 1. The SMILES string of the molecule is CN(Cc1ccc(Br)o1)C(=O)C1(N)C2CCOC2C1(C)C. The first-order chi connectivity index (χ1) is 9.78. The first-order valence-electron chi connectivity index (χ1n) is 7.18. The zero-order chi connectivity index (χ0) is 15.4. The molecule has 116 valence electrons. The number of hydrogen-bond donors (Lipinski definition) is 1. The highest BCUT2D eigenvalue weighted by Crippen LogP contribution is 2.58. The fourth-order valence-corrected chi connectivity index (χ4v) is 4.22. The highest BCUT2D eigenvalue weighted by atomic mass is 79.9. The fraction of sp³-hybridized carbons (Fsp3) is 0.667. The lowest BCUT2D eigenvalue weighted by Crippen LogP contribution is -2.80. The van der Waals surface area contributed by atoms with Crippen LogP contribution in [0.4, 0.5) is 0 Å². The van der Waals surface area contributed by atoms with Crippen LogP contribution in [0.15, 0.2) is 21.2 Å². The van der Waals surface area contributed by atoms with Gasteiger partial charge in [0.1, 0.15) is 11.3 Å². The monoisotopic (exact) mass is 356 g/mol. The molecule has 2 aliphatic rings. The van der Waals surface area contributed by atoms with Crippen LogP contribution in [0.2, 0.25) is 0 Å².